The van der Waals surface area contributed by atoms with Crippen LogP contribution in [0.2, 0.25) is 0 Å². The third-order valence-corrected chi connectivity index (χ3v) is 23.8. The van der Waals surface area contributed by atoms with Crippen molar-refractivity contribution in [1.29, 1.82) is 0 Å². The molecule has 0 atom stereocenters. The summed E-state index contributed by atoms with van der Waals surface area (Å²) >= 11 is 0. The van der Waals surface area contributed by atoms with Crippen molar-refractivity contribution >= 4 is 55.9 Å². The first-order valence-electron chi connectivity index (χ1n) is 50.7. The summed E-state index contributed by atoms with van der Waals surface area (Å²) in [5.74, 6) is -1.64. The second kappa shape index (κ2) is 26.2. The number of anilines is 6. The van der Waals surface area contributed by atoms with Crippen LogP contribution < -0.4 is 9.80 Å². The molecule has 0 saturated carbocycles. The number of fused-ring (bicyclic) bond motifs is 14. The van der Waals surface area contributed by atoms with E-state index in [1.807, 2.05) is 131 Å². The fraction of sp³-hybridized carbons (Fsp3) is 0.207. The summed E-state index contributed by atoms with van der Waals surface area (Å²) < 4.78 is 227. The zero-order chi connectivity index (χ0) is 98.2. The Balaban J connectivity index is 1.09. The second-order valence-electron chi connectivity index (χ2n) is 36.3. The fourth-order valence-corrected chi connectivity index (χ4v) is 18.1. The molecule has 4 nitrogen and oxygen atoms in total. The van der Waals surface area contributed by atoms with Crippen molar-refractivity contribution in [3.63, 3.8) is 0 Å². The van der Waals surface area contributed by atoms with Gasteiger partial charge >= 0.3 is 0 Å². The topological polar surface area (TPSA) is 16.3 Å². The molecule has 14 aromatic carbocycles. The van der Waals surface area contributed by atoms with Crippen molar-refractivity contribution in [2.75, 3.05) is 9.80 Å². The molecule has 16 aromatic rings. The molecular weight excluding hydrogens is 1390 g/mol. The van der Waals surface area contributed by atoms with Crippen molar-refractivity contribution in [3.05, 3.63) is 370 Å². The highest BCUT2D eigenvalue weighted by Crippen LogP contribution is 2.66. The number of nitrogens with zero attached hydrogens (tertiary/aromatic N) is 4. The van der Waals surface area contributed by atoms with Crippen LogP contribution in [0.25, 0.3) is 111 Å². The molecule has 0 fully saturated rings. The summed E-state index contributed by atoms with van der Waals surface area (Å²) in [6.07, 6.45) is -0.694. The Labute approximate surface area is 710 Å². The molecule has 564 valence electrons. The minimum atomic E-state index is -1.64. The zero-order valence-electron chi connectivity index (χ0n) is 89.4. The van der Waals surface area contributed by atoms with E-state index in [0.29, 0.717) is 78.4 Å². The summed E-state index contributed by atoms with van der Waals surface area (Å²) in [4.78, 5) is 4.03. The molecule has 0 N–H and O–H groups in total. The molecule has 0 unspecified atom stereocenters. The molecule has 0 spiro atoms. The molecule has 4 heterocycles. The Hall–Kier alpha value is -12.2. The highest BCUT2D eigenvalue weighted by Gasteiger charge is 2.46. The summed E-state index contributed by atoms with van der Waals surface area (Å²) in [6.45, 7) is 32.5. The van der Waals surface area contributed by atoms with Crippen LogP contribution >= 0.6 is 0 Å². The fourth-order valence-electron chi connectivity index (χ4n) is 18.1. The van der Waals surface area contributed by atoms with Crippen molar-refractivity contribution < 1.29 is 30.2 Å². The Morgan fingerprint density at radius 3 is 0.983 bits per heavy atom. The first-order chi connectivity index (χ1) is 64.4. The minimum Gasteiger partial charge on any atom is -0.313 e. The van der Waals surface area contributed by atoms with Gasteiger partial charge in [-0.1, -0.05) is 334 Å². The van der Waals surface area contributed by atoms with Gasteiger partial charge in [-0.3, -0.25) is 0 Å². The summed E-state index contributed by atoms with van der Waals surface area (Å²) in [5, 5.41) is -0.311. The van der Waals surface area contributed by atoms with Gasteiger partial charge in [0, 0.05) is 91.2 Å². The van der Waals surface area contributed by atoms with E-state index in [0.717, 1.165) is 33.4 Å². The third kappa shape index (κ3) is 11.6. The highest BCUT2D eigenvalue weighted by molar-refractivity contribution is 6.10. The molecular formula is C111H100N4. The molecule has 20 rings (SSSR count). The number of para-hydroxylation sites is 2. The lowest BCUT2D eigenvalue weighted by molar-refractivity contribution is 0.550. The van der Waals surface area contributed by atoms with Crippen molar-refractivity contribution in [2.45, 2.75) is 150 Å². The predicted molar refractivity (Wildman–Crippen MR) is 488 cm³/mol. The standard InChI is InChI=1S/C111H100N4/c1-107(2,3)75-60-86(68-36-20-16-21-37-68)105(87(61-75)69-38-22-17-23-39-69)114-94-66-78(112-92-50-34-32-48-82(92)101-80-46-30-28-44-72(80)56-96(101)112)52-54-84(94)103-85-55-53-79(113-93-51-35-33-49-83(93)102-81-47-31-29-45-73(81)57-97(102)113)67-95(85)115(106-88(70-40-24-18-25-41-70)62-76(108(4,5)6)63-89(106)71-42-26-19-27-43-71)99-59-74(58-98(114)104(99)103)100-90(110(10,11)12)64-77(109(7,8)9)65-91(100)111(13,14)15/h16-55,58-67,103H,56-57H2,1-15H3/i28D,29D,30D,31D,32D,33D,34D,35D,44D,45D,46D,47D,48D,49D,50D,51D,52D,53D,54D,55D,66D,67D. The lowest BCUT2D eigenvalue weighted by Gasteiger charge is -2.47. The minimum absolute atomic E-state index is 0.0242. The highest BCUT2D eigenvalue weighted by atomic mass is 15.2. The van der Waals surface area contributed by atoms with Crippen LogP contribution in [-0.4, -0.2) is 9.13 Å². The number of aromatic nitrogens is 2. The lowest BCUT2D eigenvalue weighted by Crippen LogP contribution is -2.31. The number of benzene rings is 14. The Bertz CT molecular complexity index is 7470. The van der Waals surface area contributed by atoms with Crippen LogP contribution in [-0.2, 0) is 39.9 Å². The van der Waals surface area contributed by atoms with Gasteiger partial charge in [0.25, 0.3) is 0 Å². The molecule has 0 saturated heterocycles. The smallest absolute Gasteiger partial charge is 0.0667 e. The van der Waals surface area contributed by atoms with Crippen molar-refractivity contribution in [1.82, 2.24) is 9.13 Å². The van der Waals surface area contributed by atoms with Crippen LogP contribution in [0, 0.1) is 0 Å². The van der Waals surface area contributed by atoms with E-state index in [4.69, 9.17) is 2.74 Å². The first kappa shape index (κ1) is 51.5. The van der Waals surface area contributed by atoms with Gasteiger partial charge in [-0.2, -0.15) is 0 Å². The van der Waals surface area contributed by atoms with E-state index in [9.17, 15) is 27.4 Å². The van der Waals surface area contributed by atoms with E-state index >= 15 is 0 Å². The van der Waals surface area contributed by atoms with Gasteiger partial charge < -0.3 is 18.9 Å². The van der Waals surface area contributed by atoms with Gasteiger partial charge in [-0.15, -0.1) is 0 Å². The maximum absolute atomic E-state index is 12.2. The summed E-state index contributed by atoms with van der Waals surface area (Å²) in [5.41, 5.74) is 9.16. The van der Waals surface area contributed by atoms with Crippen LogP contribution in [0.15, 0.2) is 303 Å². The van der Waals surface area contributed by atoms with E-state index in [1.54, 1.807) is 0 Å². The molecule has 2 aliphatic carbocycles. The molecule has 0 amide bonds. The zero-order valence-corrected chi connectivity index (χ0v) is 67.4. The van der Waals surface area contributed by atoms with Gasteiger partial charge in [0.1, 0.15) is 0 Å². The van der Waals surface area contributed by atoms with Gasteiger partial charge in [0.05, 0.1) is 75.3 Å². The van der Waals surface area contributed by atoms with E-state index < -0.39 is 166 Å². The van der Waals surface area contributed by atoms with Crippen LogP contribution in [0.1, 0.15) is 207 Å². The SMILES string of the molecule is [2H]c1c([2H])c([2H])c2c(c1[2H])Cc1c-2c2c([2H])c([2H])c([2H])c([2H])c2n1-c1c([2H])c([2H])c2c(c1[2H])N(c1c(-c3ccccc3)cc(C(C)(C)C)cc1-c1ccccc1)c1cc(-c3c(C(C)(C)C)cc(C(C)(C)C)cc3C(C)(C)C)cc3c1C2c1c([2H])c([2H])c(-n2c4c(c5c([2H])c([2H])c([2H])c([2H])c52)-c2c([2H])c([2H])c([2H])c([2H])c2C4)c([2H])c1N3c1c(-c2ccccc2)cc(C(C)(C)C)cc1-c1ccccc1. The number of hydrogen-bond donors (Lipinski definition) is 0. The lowest BCUT2D eigenvalue weighted by atomic mass is 9.69. The summed E-state index contributed by atoms with van der Waals surface area (Å²) in [7, 11) is 0. The predicted octanol–water partition coefficient (Wildman–Crippen LogP) is 30.3. The van der Waals surface area contributed by atoms with E-state index in [-0.39, 0.29) is 113 Å². The van der Waals surface area contributed by atoms with Gasteiger partial charge in [-0.25, -0.2) is 0 Å². The molecule has 4 heteroatoms. The second-order valence-corrected chi connectivity index (χ2v) is 36.3. The largest absolute Gasteiger partial charge is 0.313 e. The Morgan fingerprint density at radius 1 is 0.304 bits per heavy atom. The van der Waals surface area contributed by atoms with Gasteiger partial charge in [0.15, 0.2) is 0 Å². The van der Waals surface area contributed by atoms with Crippen LogP contribution in [0.4, 0.5) is 34.1 Å². The Morgan fingerprint density at radius 2 is 0.635 bits per heavy atom. The van der Waals surface area contributed by atoms with E-state index in [2.05, 4.69) is 152 Å². The van der Waals surface area contributed by atoms with Gasteiger partial charge in [0.2, 0.25) is 0 Å². The molecule has 0 bridgehead atoms. The molecule has 115 heavy (non-hydrogen) atoms. The van der Waals surface area contributed by atoms with E-state index in [1.165, 1.54) is 9.13 Å². The van der Waals surface area contributed by atoms with Crippen LogP contribution in [0.5, 0.6) is 0 Å². The maximum Gasteiger partial charge on any atom is 0.0667 e. The average molecular weight is 1510 g/mol. The molecule has 0 radical (unpaired) electrons. The van der Waals surface area contributed by atoms with Crippen LogP contribution in [0.3, 0.4) is 0 Å². The molecule has 2 aromatic heterocycles. The van der Waals surface area contributed by atoms with Crippen molar-refractivity contribution in [3.8, 4) is 89.3 Å². The molecule has 4 aliphatic rings. The first-order valence-corrected chi connectivity index (χ1v) is 39.7. The molecule has 2 aliphatic heterocycles. The number of rotatable bonds is 9. The normalized spacial score (nSPS) is 16.4. The average Bonchev–Trinajstić information content (AvgIpc) is 0.858. The summed E-state index contributed by atoms with van der Waals surface area (Å²) in [6, 6.07) is 44.1. The van der Waals surface area contributed by atoms with Gasteiger partial charge in [-0.05, 0) is 194 Å². The number of hydrogen-bond acceptors (Lipinski definition) is 2. The third-order valence-electron chi connectivity index (χ3n) is 23.8. The Kier molecular flexibility index (Phi) is 11.7. The quantitative estimate of drug-likeness (QED) is 0.143. The maximum atomic E-state index is 12.2. The van der Waals surface area contributed by atoms with Crippen molar-refractivity contribution in [2.24, 2.45) is 0 Å². The monoisotopic (exact) mass is 1510 g/mol.